The minimum absolute atomic E-state index is 0.169. The van der Waals surface area contributed by atoms with E-state index in [0.717, 1.165) is 5.57 Å². The summed E-state index contributed by atoms with van der Waals surface area (Å²) in [6, 6.07) is 0. The molecule has 20 heavy (non-hydrogen) atoms. The third-order valence-corrected chi connectivity index (χ3v) is 2.70. The van der Waals surface area contributed by atoms with Gasteiger partial charge in [0.25, 0.3) is 0 Å². The molecule has 4 heteroatoms. The minimum Gasteiger partial charge on any atom is -0.465 e. The summed E-state index contributed by atoms with van der Waals surface area (Å²) >= 11 is 0. The normalized spacial score (nSPS) is 12.8. The molecule has 0 aliphatic carbocycles. The van der Waals surface area contributed by atoms with Crippen LogP contribution in [0.2, 0.25) is 0 Å². The fourth-order valence-corrected chi connectivity index (χ4v) is 1.49. The van der Waals surface area contributed by atoms with Gasteiger partial charge in [-0.05, 0) is 41.0 Å². The van der Waals surface area contributed by atoms with Crippen LogP contribution >= 0.6 is 0 Å². The summed E-state index contributed by atoms with van der Waals surface area (Å²) < 4.78 is 10.4. The van der Waals surface area contributed by atoms with Crippen LogP contribution in [0.4, 0.5) is 0 Å². The highest BCUT2D eigenvalue weighted by molar-refractivity contribution is 5.97. The van der Waals surface area contributed by atoms with Crippen LogP contribution in [0.3, 0.4) is 0 Å². The Morgan fingerprint density at radius 2 is 1.75 bits per heavy atom. The highest BCUT2D eigenvalue weighted by Crippen LogP contribution is 2.11. The van der Waals surface area contributed by atoms with Crippen molar-refractivity contribution in [1.29, 1.82) is 0 Å². The van der Waals surface area contributed by atoms with Crippen LogP contribution in [0.15, 0.2) is 23.3 Å². The third kappa shape index (κ3) is 8.64. The number of ether oxygens (including phenoxy) is 2. The number of hydrogen-bond acceptors (Lipinski definition) is 4. The first kappa shape index (κ1) is 18.6. The Morgan fingerprint density at radius 1 is 1.10 bits per heavy atom. The molecular weight excluding hydrogens is 256 g/mol. The molecule has 0 saturated heterocycles. The second-order valence-corrected chi connectivity index (χ2v) is 5.00. The first-order valence-corrected chi connectivity index (χ1v) is 6.92. The number of carbonyl (C=O) groups is 2. The molecule has 0 aliphatic rings. The van der Waals surface area contributed by atoms with Crippen LogP contribution in [0, 0.1) is 5.92 Å². The fraction of sp³-hybridized carbons (Fsp3) is 0.625. The van der Waals surface area contributed by atoms with Gasteiger partial charge in [0.2, 0.25) is 0 Å². The van der Waals surface area contributed by atoms with E-state index in [-0.39, 0.29) is 12.4 Å². The van der Waals surface area contributed by atoms with Crippen LogP contribution in [-0.2, 0) is 19.1 Å². The van der Waals surface area contributed by atoms with Crippen molar-refractivity contribution in [2.45, 2.75) is 41.0 Å². The standard InChI is InChI=1S/C16H26O4/c1-6-20-16(18)15(14(5)17)8-7-13(4)11-19-10-9-12(2)3/h7,9,15H,6,8,10-11H2,1-5H3/b13-7+. The number of hydrogen-bond donors (Lipinski definition) is 0. The molecule has 0 aromatic carbocycles. The van der Waals surface area contributed by atoms with Crippen molar-refractivity contribution in [1.82, 2.24) is 0 Å². The maximum absolute atomic E-state index is 11.6. The van der Waals surface area contributed by atoms with E-state index in [1.54, 1.807) is 6.92 Å². The summed E-state index contributed by atoms with van der Waals surface area (Å²) in [7, 11) is 0. The number of ketones is 1. The zero-order valence-electron chi connectivity index (χ0n) is 13.2. The van der Waals surface area contributed by atoms with E-state index < -0.39 is 11.9 Å². The Bertz CT molecular complexity index is 376. The minimum atomic E-state index is -0.706. The lowest BCUT2D eigenvalue weighted by atomic mass is 10.00. The molecule has 0 saturated carbocycles. The zero-order valence-corrected chi connectivity index (χ0v) is 13.2. The first-order chi connectivity index (χ1) is 9.38. The molecule has 1 unspecified atom stereocenters. The summed E-state index contributed by atoms with van der Waals surface area (Å²) in [5.41, 5.74) is 2.22. The van der Waals surface area contributed by atoms with Gasteiger partial charge in [0.05, 0.1) is 19.8 Å². The van der Waals surface area contributed by atoms with Crippen LogP contribution < -0.4 is 0 Å². The van der Waals surface area contributed by atoms with Gasteiger partial charge in [-0.3, -0.25) is 9.59 Å². The van der Waals surface area contributed by atoms with E-state index in [1.807, 2.05) is 32.9 Å². The molecule has 0 fully saturated rings. The number of allylic oxidation sites excluding steroid dienone is 2. The molecule has 0 aromatic heterocycles. The van der Waals surface area contributed by atoms with Gasteiger partial charge in [-0.2, -0.15) is 0 Å². The van der Waals surface area contributed by atoms with Gasteiger partial charge >= 0.3 is 5.97 Å². The second kappa shape index (κ2) is 10.4. The van der Waals surface area contributed by atoms with Gasteiger partial charge in [0.15, 0.2) is 0 Å². The lowest BCUT2D eigenvalue weighted by molar-refractivity contribution is -0.150. The second-order valence-electron chi connectivity index (χ2n) is 5.00. The predicted octanol–water partition coefficient (Wildman–Crippen LogP) is 3.07. The number of Topliss-reactive ketones (excluding diaryl/α,β-unsaturated/α-hetero) is 1. The van der Waals surface area contributed by atoms with Crippen LogP contribution in [0.5, 0.6) is 0 Å². The third-order valence-electron chi connectivity index (χ3n) is 2.70. The van der Waals surface area contributed by atoms with Gasteiger partial charge in [0, 0.05) is 0 Å². The molecule has 0 N–H and O–H groups in total. The average Bonchev–Trinajstić information content (AvgIpc) is 2.34. The molecule has 0 heterocycles. The Kier molecular flexibility index (Phi) is 9.64. The molecule has 0 bridgehead atoms. The van der Waals surface area contributed by atoms with Crippen LogP contribution in [-0.4, -0.2) is 31.6 Å². The molecule has 1 atom stereocenters. The van der Waals surface area contributed by atoms with E-state index >= 15 is 0 Å². The van der Waals surface area contributed by atoms with Gasteiger partial charge in [-0.25, -0.2) is 0 Å². The highest BCUT2D eigenvalue weighted by Gasteiger charge is 2.23. The molecule has 0 rings (SSSR count). The SMILES string of the molecule is CCOC(=O)C(C/C=C(\C)COCC=C(C)C)C(C)=O. The van der Waals surface area contributed by atoms with Crippen molar-refractivity contribution in [3.05, 3.63) is 23.3 Å². The van der Waals surface area contributed by atoms with E-state index in [4.69, 9.17) is 9.47 Å². The lowest BCUT2D eigenvalue weighted by Crippen LogP contribution is -2.23. The molecule has 0 aliphatic heterocycles. The van der Waals surface area contributed by atoms with Gasteiger partial charge < -0.3 is 9.47 Å². The Balaban J connectivity index is 4.30. The highest BCUT2D eigenvalue weighted by atomic mass is 16.5. The van der Waals surface area contributed by atoms with Gasteiger partial charge in [0.1, 0.15) is 11.7 Å². The van der Waals surface area contributed by atoms with Crippen LogP contribution in [0.25, 0.3) is 0 Å². The topological polar surface area (TPSA) is 52.6 Å². The smallest absolute Gasteiger partial charge is 0.316 e. The fourth-order valence-electron chi connectivity index (χ4n) is 1.49. The van der Waals surface area contributed by atoms with Gasteiger partial charge in [-0.1, -0.05) is 23.3 Å². The molecule has 0 radical (unpaired) electrons. The van der Waals surface area contributed by atoms with Crippen LogP contribution in [0.1, 0.15) is 41.0 Å². The lowest BCUT2D eigenvalue weighted by Gasteiger charge is -2.11. The summed E-state index contributed by atoms with van der Waals surface area (Å²) in [6.45, 7) is 10.5. The summed E-state index contributed by atoms with van der Waals surface area (Å²) in [5, 5.41) is 0. The molecule has 114 valence electrons. The van der Waals surface area contributed by atoms with E-state index in [9.17, 15) is 9.59 Å². The Morgan fingerprint density at radius 3 is 2.25 bits per heavy atom. The molecule has 0 amide bonds. The quantitative estimate of drug-likeness (QED) is 0.282. The van der Waals surface area contributed by atoms with Gasteiger partial charge in [-0.15, -0.1) is 0 Å². The van der Waals surface area contributed by atoms with Crippen molar-refractivity contribution in [3.63, 3.8) is 0 Å². The van der Waals surface area contributed by atoms with E-state index in [0.29, 0.717) is 19.6 Å². The number of carbonyl (C=O) groups excluding carboxylic acids is 2. The molecule has 0 aromatic rings. The Labute approximate surface area is 121 Å². The van der Waals surface area contributed by atoms with Crippen molar-refractivity contribution in [2.75, 3.05) is 19.8 Å². The first-order valence-electron chi connectivity index (χ1n) is 6.92. The summed E-state index contributed by atoms with van der Waals surface area (Å²) in [4.78, 5) is 23.1. The summed E-state index contributed by atoms with van der Waals surface area (Å²) in [6.07, 6.45) is 4.24. The predicted molar refractivity (Wildman–Crippen MR) is 79.4 cm³/mol. The van der Waals surface area contributed by atoms with E-state index in [1.165, 1.54) is 12.5 Å². The zero-order chi connectivity index (χ0) is 15.5. The molecular formula is C16H26O4. The number of esters is 1. The monoisotopic (exact) mass is 282 g/mol. The largest absolute Gasteiger partial charge is 0.465 e. The average molecular weight is 282 g/mol. The molecule has 4 nitrogen and oxygen atoms in total. The Hall–Kier alpha value is -1.42. The van der Waals surface area contributed by atoms with Crippen molar-refractivity contribution in [3.8, 4) is 0 Å². The maximum Gasteiger partial charge on any atom is 0.316 e. The van der Waals surface area contributed by atoms with Crippen molar-refractivity contribution in [2.24, 2.45) is 5.92 Å². The van der Waals surface area contributed by atoms with E-state index in [2.05, 4.69) is 0 Å². The summed E-state index contributed by atoms with van der Waals surface area (Å²) in [5.74, 6) is -1.32. The van der Waals surface area contributed by atoms with Crippen molar-refractivity contribution >= 4 is 11.8 Å². The number of rotatable bonds is 9. The van der Waals surface area contributed by atoms with Crippen molar-refractivity contribution < 1.29 is 19.1 Å². The molecule has 0 spiro atoms. The maximum atomic E-state index is 11.6.